The summed E-state index contributed by atoms with van der Waals surface area (Å²) in [5, 5.41) is 0. The van der Waals surface area contributed by atoms with Crippen molar-refractivity contribution >= 4 is 34.0 Å². The van der Waals surface area contributed by atoms with E-state index in [4.69, 9.17) is 11.5 Å². The van der Waals surface area contributed by atoms with Crippen molar-refractivity contribution in [2.75, 3.05) is 11.5 Å². The molecule has 0 aliphatic heterocycles. The normalized spacial score (nSPS) is 10.5. The molecule has 5 heteroatoms. The van der Waals surface area contributed by atoms with Gasteiger partial charge in [-0.25, -0.2) is 8.78 Å². The van der Waals surface area contributed by atoms with Crippen LogP contribution in [0.4, 0.5) is 20.2 Å². The van der Waals surface area contributed by atoms with Crippen LogP contribution >= 0.6 is 22.6 Å². The Morgan fingerprint density at radius 1 is 1.15 bits per heavy atom. The molecular formula is C8H9F2IN2. The van der Waals surface area contributed by atoms with Crippen LogP contribution in [-0.2, 0) is 6.42 Å². The van der Waals surface area contributed by atoms with Crippen LogP contribution in [0.5, 0.6) is 0 Å². The lowest BCUT2D eigenvalue weighted by atomic mass is 10.1. The molecule has 72 valence electrons. The van der Waals surface area contributed by atoms with E-state index < -0.39 is 11.6 Å². The van der Waals surface area contributed by atoms with Gasteiger partial charge in [0.25, 0.3) is 0 Å². The Hall–Kier alpha value is -0.590. The fourth-order valence-corrected chi connectivity index (χ4v) is 2.00. The predicted molar refractivity (Wildman–Crippen MR) is 57.3 cm³/mol. The highest BCUT2D eigenvalue weighted by atomic mass is 127. The summed E-state index contributed by atoms with van der Waals surface area (Å²) in [5.74, 6) is -1.97. The van der Waals surface area contributed by atoms with Crippen molar-refractivity contribution in [2.45, 2.75) is 13.3 Å². The fraction of sp³-hybridized carbons (Fsp3) is 0.250. The van der Waals surface area contributed by atoms with Gasteiger partial charge in [-0.3, -0.25) is 0 Å². The van der Waals surface area contributed by atoms with E-state index in [1.165, 1.54) is 0 Å². The lowest BCUT2D eigenvalue weighted by molar-refractivity contribution is 0.506. The van der Waals surface area contributed by atoms with Gasteiger partial charge in [0, 0.05) is 0 Å². The zero-order valence-corrected chi connectivity index (χ0v) is 9.15. The van der Waals surface area contributed by atoms with E-state index in [-0.39, 0.29) is 14.9 Å². The molecule has 13 heavy (non-hydrogen) atoms. The second-order valence-electron chi connectivity index (χ2n) is 2.60. The van der Waals surface area contributed by atoms with Gasteiger partial charge in [0.1, 0.15) is 0 Å². The van der Waals surface area contributed by atoms with Crippen molar-refractivity contribution in [3.8, 4) is 0 Å². The number of nitrogens with two attached hydrogens (primary N) is 2. The monoisotopic (exact) mass is 298 g/mol. The first kappa shape index (κ1) is 10.5. The average molecular weight is 298 g/mol. The molecule has 0 amide bonds. The molecule has 1 aromatic rings. The predicted octanol–water partition coefficient (Wildman–Crippen LogP) is 2.30. The van der Waals surface area contributed by atoms with Crippen LogP contribution < -0.4 is 11.5 Å². The van der Waals surface area contributed by atoms with Crippen LogP contribution in [0.3, 0.4) is 0 Å². The molecular weight excluding hydrogens is 289 g/mol. The smallest absolute Gasteiger partial charge is 0.184 e. The van der Waals surface area contributed by atoms with Crippen molar-refractivity contribution in [1.82, 2.24) is 0 Å². The Labute approximate surface area is 88.4 Å². The fourth-order valence-electron chi connectivity index (χ4n) is 1.09. The van der Waals surface area contributed by atoms with E-state index in [2.05, 4.69) is 0 Å². The SMILES string of the molecule is CCc1c(N)c(N)c(F)c(F)c1I. The van der Waals surface area contributed by atoms with Crippen LogP contribution in [-0.4, -0.2) is 0 Å². The van der Waals surface area contributed by atoms with E-state index in [1.54, 1.807) is 22.6 Å². The lowest BCUT2D eigenvalue weighted by Crippen LogP contribution is -2.07. The van der Waals surface area contributed by atoms with Gasteiger partial charge in [0.15, 0.2) is 11.6 Å². The molecule has 0 saturated heterocycles. The molecule has 0 aliphatic rings. The first-order valence-electron chi connectivity index (χ1n) is 3.70. The summed E-state index contributed by atoms with van der Waals surface area (Å²) >= 11 is 1.72. The quantitative estimate of drug-likeness (QED) is 0.475. The third kappa shape index (κ3) is 1.56. The van der Waals surface area contributed by atoms with Crippen molar-refractivity contribution in [2.24, 2.45) is 0 Å². The van der Waals surface area contributed by atoms with E-state index in [0.29, 0.717) is 12.0 Å². The second kappa shape index (κ2) is 3.65. The average Bonchev–Trinajstić information content (AvgIpc) is 2.13. The van der Waals surface area contributed by atoms with Gasteiger partial charge in [-0.2, -0.15) is 0 Å². The highest BCUT2D eigenvalue weighted by molar-refractivity contribution is 14.1. The number of benzene rings is 1. The topological polar surface area (TPSA) is 52.0 Å². The van der Waals surface area contributed by atoms with Crippen molar-refractivity contribution in [3.63, 3.8) is 0 Å². The minimum absolute atomic E-state index is 0.144. The number of anilines is 2. The van der Waals surface area contributed by atoms with Crippen LogP contribution in [0.15, 0.2) is 0 Å². The van der Waals surface area contributed by atoms with Crippen LogP contribution in [0.25, 0.3) is 0 Å². The molecule has 0 aliphatic carbocycles. The summed E-state index contributed by atoms with van der Waals surface area (Å²) in [6, 6.07) is 0. The summed E-state index contributed by atoms with van der Waals surface area (Å²) in [6.45, 7) is 1.81. The van der Waals surface area contributed by atoms with Gasteiger partial charge in [-0.05, 0) is 34.6 Å². The maximum absolute atomic E-state index is 13.1. The molecule has 0 fully saturated rings. The molecule has 0 saturated carbocycles. The highest BCUT2D eigenvalue weighted by Gasteiger charge is 2.18. The molecule has 0 heterocycles. The minimum atomic E-state index is -1.06. The number of hydrogen-bond donors (Lipinski definition) is 2. The Kier molecular flexibility index (Phi) is 2.94. The first-order valence-corrected chi connectivity index (χ1v) is 4.78. The van der Waals surface area contributed by atoms with Crippen molar-refractivity contribution < 1.29 is 8.78 Å². The standard InChI is InChI=1S/C8H9F2IN2/c1-2-3-6(11)4(9)5(10)8(13)7(3)12/h2,12-13H2,1H3. The largest absolute Gasteiger partial charge is 0.397 e. The van der Waals surface area contributed by atoms with Crippen molar-refractivity contribution in [1.29, 1.82) is 0 Å². The van der Waals surface area contributed by atoms with Gasteiger partial charge in [0.2, 0.25) is 0 Å². The summed E-state index contributed by atoms with van der Waals surface area (Å²) < 4.78 is 26.3. The maximum atomic E-state index is 13.1. The van der Waals surface area contributed by atoms with E-state index >= 15 is 0 Å². The van der Waals surface area contributed by atoms with Gasteiger partial charge in [0.05, 0.1) is 14.9 Å². The molecule has 0 spiro atoms. The molecule has 2 nitrogen and oxygen atoms in total. The lowest BCUT2D eigenvalue weighted by Gasteiger charge is -2.10. The van der Waals surface area contributed by atoms with Crippen molar-refractivity contribution in [3.05, 3.63) is 20.8 Å². The Morgan fingerprint density at radius 3 is 2.15 bits per heavy atom. The zero-order valence-electron chi connectivity index (χ0n) is 7.00. The van der Waals surface area contributed by atoms with Crippen LogP contribution in [0.1, 0.15) is 12.5 Å². The number of halogens is 3. The van der Waals surface area contributed by atoms with Crippen LogP contribution in [0.2, 0.25) is 0 Å². The second-order valence-corrected chi connectivity index (χ2v) is 3.68. The van der Waals surface area contributed by atoms with Gasteiger partial charge < -0.3 is 11.5 Å². The van der Waals surface area contributed by atoms with Gasteiger partial charge in [-0.1, -0.05) is 6.92 Å². The molecule has 0 aromatic heterocycles. The van der Waals surface area contributed by atoms with Gasteiger partial charge in [-0.15, -0.1) is 0 Å². The van der Waals surface area contributed by atoms with E-state index in [9.17, 15) is 8.78 Å². The Balaban J connectivity index is 3.56. The third-order valence-electron chi connectivity index (χ3n) is 1.86. The first-order chi connectivity index (χ1) is 6.00. The summed E-state index contributed by atoms with van der Waals surface area (Å²) in [5.41, 5.74) is 11.2. The molecule has 4 N–H and O–H groups in total. The van der Waals surface area contributed by atoms with E-state index in [1.807, 2.05) is 6.92 Å². The van der Waals surface area contributed by atoms with E-state index in [0.717, 1.165) is 0 Å². The van der Waals surface area contributed by atoms with Gasteiger partial charge >= 0.3 is 0 Å². The summed E-state index contributed by atoms with van der Waals surface area (Å²) in [4.78, 5) is 0. The Morgan fingerprint density at radius 2 is 1.69 bits per heavy atom. The molecule has 0 atom stereocenters. The molecule has 1 aromatic carbocycles. The van der Waals surface area contributed by atoms with Crippen LogP contribution in [0, 0.1) is 15.2 Å². The number of rotatable bonds is 1. The number of hydrogen-bond acceptors (Lipinski definition) is 2. The molecule has 1 rings (SSSR count). The third-order valence-corrected chi connectivity index (χ3v) is 2.98. The Bertz CT molecular complexity index is 323. The minimum Gasteiger partial charge on any atom is -0.397 e. The molecule has 0 unspecified atom stereocenters. The molecule has 0 bridgehead atoms. The summed E-state index contributed by atoms with van der Waals surface area (Å²) in [6.07, 6.45) is 0.533. The highest BCUT2D eigenvalue weighted by Crippen LogP contribution is 2.31. The number of nitrogen functional groups attached to an aromatic ring is 2. The molecule has 0 radical (unpaired) electrons. The zero-order chi connectivity index (χ0) is 10.2. The maximum Gasteiger partial charge on any atom is 0.184 e. The summed E-state index contributed by atoms with van der Waals surface area (Å²) in [7, 11) is 0.